The molecule has 1 aromatic carbocycles. The minimum absolute atomic E-state index is 0.377. The standard InChI is InChI=1S/C16H19N3O2/c20-15-13(18-10-11-4-2-1-3-5-11)14(16(15)21)19-12-6-8-17-9-7-12/h6-9,11,18H,1-5,10H2,(H,17,19). The van der Waals surface area contributed by atoms with Crippen molar-refractivity contribution in [3.63, 3.8) is 0 Å². The van der Waals surface area contributed by atoms with E-state index in [-0.39, 0.29) is 0 Å². The predicted molar refractivity (Wildman–Crippen MR) is 83.9 cm³/mol. The molecule has 2 N–H and O–H groups in total. The molecule has 0 aliphatic heterocycles. The number of rotatable bonds is 5. The van der Waals surface area contributed by atoms with Crippen LogP contribution in [0.2, 0.25) is 0 Å². The summed E-state index contributed by atoms with van der Waals surface area (Å²) in [5, 5.41) is 6.17. The fourth-order valence-corrected chi connectivity index (χ4v) is 2.90. The summed E-state index contributed by atoms with van der Waals surface area (Å²) in [6.45, 7) is 0.774. The molecule has 1 heterocycles. The van der Waals surface area contributed by atoms with Crippen molar-refractivity contribution in [1.29, 1.82) is 0 Å². The van der Waals surface area contributed by atoms with Gasteiger partial charge in [-0.05, 0) is 30.9 Å². The first-order valence-corrected chi connectivity index (χ1v) is 7.50. The Morgan fingerprint density at radius 2 is 1.67 bits per heavy atom. The Kier molecular flexibility index (Phi) is 3.99. The lowest BCUT2D eigenvalue weighted by atomic mass is 9.89. The second kappa shape index (κ2) is 6.08. The average Bonchev–Trinajstić information content (AvgIpc) is 2.55. The third-order valence-corrected chi connectivity index (χ3v) is 4.15. The van der Waals surface area contributed by atoms with Crippen molar-refractivity contribution in [1.82, 2.24) is 4.98 Å². The number of nitrogens with zero attached hydrogens (tertiary/aromatic N) is 1. The summed E-state index contributed by atoms with van der Waals surface area (Å²) < 4.78 is 0. The molecule has 110 valence electrons. The minimum atomic E-state index is -0.446. The first kappa shape index (κ1) is 13.8. The molecule has 3 rings (SSSR count). The highest BCUT2D eigenvalue weighted by Gasteiger charge is 2.22. The summed E-state index contributed by atoms with van der Waals surface area (Å²) in [6, 6.07) is 3.53. The Morgan fingerprint density at radius 3 is 2.38 bits per heavy atom. The molecular formula is C16H19N3O2. The van der Waals surface area contributed by atoms with E-state index in [1.165, 1.54) is 32.1 Å². The fourth-order valence-electron chi connectivity index (χ4n) is 2.90. The van der Waals surface area contributed by atoms with Crippen molar-refractivity contribution < 1.29 is 0 Å². The molecule has 5 heteroatoms. The normalized spacial score (nSPS) is 16.0. The first-order chi connectivity index (χ1) is 10.3. The zero-order chi connectivity index (χ0) is 14.7. The summed E-state index contributed by atoms with van der Waals surface area (Å²) in [7, 11) is 0. The van der Waals surface area contributed by atoms with E-state index in [1.54, 1.807) is 24.5 Å². The molecular weight excluding hydrogens is 266 g/mol. The van der Waals surface area contributed by atoms with Gasteiger partial charge in [-0.1, -0.05) is 19.3 Å². The lowest BCUT2D eigenvalue weighted by Gasteiger charge is -2.23. The van der Waals surface area contributed by atoms with Crippen molar-refractivity contribution in [3.05, 3.63) is 45.0 Å². The molecule has 21 heavy (non-hydrogen) atoms. The molecule has 0 radical (unpaired) electrons. The Balaban J connectivity index is 1.67. The molecule has 0 bridgehead atoms. The smallest absolute Gasteiger partial charge is 0.253 e. The van der Waals surface area contributed by atoms with Gasteiger partial charge in [-0.3, -0.25) is 14.6 Å². The highest BCUT2D eigenvalue weighted by Crippen LogP contribution is 2.25. The van der Waals surface area contributed by atoms with Crippen LogP contribution >= 0.6 is 0 Å². The van der Waals surface area contributed by atoms with E-state index in [0.717, 1.165) is 12.2 Å². The summed E-state index contributed by atoms with van der Waals surface area (Å²) in [6.07, 6.45) is 9.53. The van der Waals surface area contributed by atoms with Gasteiger partial charge in [-0.2, -0.15) is 0 Å². The van der Waals surface area contributed by atoms with E-state index in [9.17, 15) is 9.59 Å². The van der Waals surface area contributed by atoms with Crippen LogP contribution in [0.3, 0.4) is 0 Å². The van der Waals surface area contributed by atoms with Gasteiger partial charge in [0.2, 0.25) is 0 Å². The molecule has 0 amide bonds. The topological polar surface area (TPSA) is 71.1 Å². The van der Waals surface area contributed by atoms with Crippen molar-refractivity contribution in [3.8, 4) is 0 Å². The molecule has 1 saturated carbocycles. The van der Waals surface area contributed by atoms with Gasteiger partial charge in [0.05, 0.1) is 0 Å². The Labute approximate surface area is 123 Å². The number of hydrogen-bond donors (Lipinski definition) is 2. The van der Waals surface area contributed by atoms with Gasteiger partial charge in [0.25, 0.3) is 10.9 Å². The second-order valence-electron chi connectivity index (χ2n) is 5.65. The number of anilines is 3. The zero-order valence-corrected chi connectivity index (χ0v) is 11.9. The van der Waals surface area contributed by atoms with Gasteiger partial charge in [0, 0.05) is 24.6 Å². The average molecular weight is 285 g/mol. The van der Waals surface area contributed by atoms with Crippen LogP contribution in [0.5, 0.6) is 0 Å². The summed E-state index contributed by atoms with van der Waals surface area (Å²) in [5.74, 6) is 0.608. The third-order valence-electron chi connectivity index (χ3n) is 4.15. The molecule has 1 aliphatic carbocycles. The molecule has 0 saturated heterocycles. The van der Waals surface area contributed by atoms with Crippen LogP contribution < -0.4 is 21.5 Å². The van der Waals surface area contributed by atoms with E-state index in [0.29, 0.717) is 17.3 Å². The first-order valence-electron chi connectivity index (χ1n) is 7.50. The lowest BCUT2D eigenvalue weighted by molar-refractivity contribution is 0.373. The molecule has 1 fully saturated rings. The summed E-state index contributed by atoms with van der Waals surface area (Å²) >= 11 is 0. The van der Waals surface area contributed by atoms with E-state index < -0.39 is 10.9 Å². The molecule has 1 aromatic heterocycles. The SMILES string of the molecule is O=c1c(NCC2CCCCC2)c(Nc2ccncc2)c1=O. The minimum Gasteiger partial charge on any atom is -0.380 e. The van der Waals surface area contributed by atoms with Crippen molar-refractivity contribution in [2.24, 2.45) is 5.92 Å². The van der Waals surface area contributed by atoms with Crippen LogP contribution in [-0.2, 0) is 0 Å². The summed E-state index contributed by atoms with van der Waals surface area (Å²) in [4.78, 5) is 27.3. The summed E-state index contributed by atoms with van der Waals surface area (Å²) in [5.41, 5.74) is 0.711. The molecule has 1 aliphatic rings. The highest BCUT2D eigenvalue weighted by atomic mass is 16.2. The van der Waals surface area contributed by atoms with E-state index in [1.807, 2.05) is 0 Å². The van der Waals surface area contributed by atoms with Crippen LogP contribution in [0.25, 0.3) is 0 Å². The molecule has 2 aromatic rings. The third kappa shape index (κ3) is 2.96. The maximum atomic E-state index is 11.7. The van der Waals surface area contributed by atoms with Crippen LogP contribution in [0.4, 0.5) is 17.1 Å². The molecule has 0 spiro atoms. The number of aromatic nitrogens is 1. The van der Waals surface area contributed by atoms with Crippen molar-refractivity contribution >= 4 is 17.1 Å². The van der Waals surface area contributed by atoms with E-state index in [4.69, 9.17) is 0 Å². The Bertz CT molecular complexity index is 668. The van der Waals surface area contributed by atoms with Gasteiger partial charge >= 0.3 is 0 Å². The predicted octanol–water partition coefficient (Wildman–Crippen LogP) is 2.41. The van der Waals surface area contributed by atoms with Gasteiger partial charge in [-0.15, -0.1) is 0 Å². The van der Waals surface area contributed by atoms with Crippen molar-refractivity contribution in [2.75, 3.05) is 17.2 Å². The van der Waals surface area contributed by atoms with Gasteiger partial charge in [0.1, 0.15) is 11.4 Å². The van der Waals surface area contributed by atoms with E-state index >= 15 is 0 Å². The number of hydrogen-bond acceptors (Lipinski definition) is 5. The van der Waals surface area contributed by atoms with Gasteiger partial charge in [0.15, 0.2) is 0 Å². The molecule has 5 nitrogen and oxygen atoms in total. The van der Waals surface area contributed by atoms with Crippen molar-refractivity contribution in [2.45, 2.75) is 32.1 Å². The highest BCUT2D eigenvalue weighted by molar-refractivity contribution is 5.78. The second-order valence-corrected chi connectivity index (χ2v) is 5.65. The van der Waals surface area contributed by atoms with Crippen LogP contribution in [0.15, 0.2) is 34.1 Å². The lowest BCUT2D eigenvalue weighted by Crippen LogP contribution is -2.37. The molecule has 0 unspecified atom stereocenters. The van der Waals surface area contributed by atoms with Crippen LogP contribution in [0, 0.1) is 5.92 Å². The number of nitrogens with one attached hydrogen (secondary N) is 2. The molecule has 0 atom stereocenters. The quantitative estimate of drug-likeness (QED) is 0.825. The van der Waals surface area contributed by atoms with Crippen LogP contribution in [0.1, 0.15) is 32.1 Å². The largest absolute Gasteiger partial charge is 0.380 e. The Morgan fingerprint density at radius 1 is 1.00 bits per heavy atom. The fraction of sp³-hybridized carbons (Fsp3) is 0.438. The maximum Gasteiger partial charge on any atom is 0.253 e. The Hall–Kier alpha value is -2.17. The van der Waals surface area contributed by atoms with Gasteiger partial charge < -0.3 is 10.6 Å². The monoisotopic (exact) mass is 285 g/mol. The van der Waals surface area contributed by atoms with Gasteiger partial charge in [-0.25, -0.2) is 0 Å². The maximum absolute atomic E-state index is 11.7. The van der Waals surface area contributed by atoms with Crippen LogP contribution in [-0.4, -0.2) is 11.5 Å². The number of pyridine rings is 1. The zero-order valence-electron chi connectivity index (χ0n) is 11.9. The van der Waals surface area contributed by atoms with E-state index in [2.05, 4.69) is 15.6 Å².